The molecule has 0 radical (unpaired) electrons. The zero-order chi connectivity index (χ0) is 19.1. The van der Waals surface area contributed by atoms with Gasteiger partial charge in [0.15, 0.2) is 5.65 Å². The maximum absolute atomic E-state index is 13.6. The largest absolute Gasteiger partial charge is 0.334 e. The van der Waals surface area contributed by atoms with Gasteiger partial charge in [-0.3, -0.25) is 9.48 Å². The molecule has 158 valence electrons. The Labute approximate surface area is 187 Å². The Kier molecular flexibility index (Phi) is 7.67. The number of thiophene rings is 1. The molecule has 4 heterocycles. The molecular weight excluding hydrogens is 429 g/mol. The standard InChI is InChI=1S/C20H25N5OS.2ClH/c1-12-6-7-25(14(9-12)11-21)20(26)15-10-16(17-5-4-8-27-17)22-19-18(15)13(2)23-24(19)3;;/h4-5,8,10,12,14H,6-7,9,11,21H2,1-3H3;2*1H. The van der Waals surface area contributed by atoms with Crippen molar-refractivity contribution in [2.45, 2.75) is 32.7 Å². The van der Waals surface area contributed by atoms with Crippen LogP contribution in [0.2, 0.25) is 0 Å². The van der Waals surface area contributed by atoms with E-state index in [1.807, 2.05) is 42.5 Å². The summed E-state index contributed by atoms with van der Waals surface area (Å²) in [6.07, 6.45) is 1.97. The summed E-state index contributed by atoms with van der Waals surface area (Å²) in [5.74, 6) is 0.639. The van der Waals surface area contributed by atoms with Crippen molar-refractivity contribution in [3.63, 3.8) is 0 Å². The third-order valence-electron chi connectivity index (χ3n) is 5.48. The molecule has 1 aliphatic rings. The van der Waals surface area contributed by atoms with E-state index in [4.69, 9.17) is 10.7 Å². The molecule has 0 aliphatic carbocycles. The fraction of sp³-hybridized carbons (Fsp3) is 0.450. The SMILES string of the molecule is Cc1nn(C)c2nc(-c3cccs3)cc(C(=O)N3CCC(C)CC3CN)c12.Cl.Cl. The van der Waals surface area contributed by atoms with E-state index in [2.05, 4.69) is 12.0 Å². The normalized spacial score (nSPS) is 19.0. The number of aryl methyl sites for hydroxylation is 2. The number of carbonyl (C=O) groups is 1. The van der Waals surface area contributed by atoms with E-state index >= 15 is 0 Å². The number of pyridine rings is 1. The topological polar surface area (TPSA) is 77.0 Å². The quantitative estimate of drug-likeness (QED) is 0.645. The molecule has 3 aromatic heterocycles. The van der Waals surface area contributed by atoms with Crippen LogP contribution in [-0.4, -0.2) is 44.7 Å². The summed E-state index contributed by atoms with van der Waals surface area (Å²) in [5.41, 5.74) is 9.08. The van der Waals surface area contributed by atoms with Gasteiger partial charge < -0.3 is 10.6 Å². The molecule has 1 fully saturated rings. The number of hydrogen-bond donors (Lipinski definition) is 1. The average molecular weight is 456 g/mol. The van der Waals surface area contributed by atoms with Gasteiger partial charge in [0.1, 0.15) is 0 Å². The summed E-state index contributed by atoms with van der Waals surface area (Å²) in [4.78, 5) is 21.4. The van der Waals surface area contributed by atoms with Crippen molar-refractivity contribution in [3.05, 3.63) is 34.8 Å². The second kappa shape index (κ2) is 9.43. The molecule has 1 aliphatic heterocycles. The summed E-state index contributed by atoms with van der Waals surface area (Å²) >= 11 is 1.62. The lowest BCUT2D eigenvalue weighted by molar-refractivity contribution is 0.0575. The maximum atomic E-state index is 13.6. The lowest BCUT2D eigenvalue weighted by Crippen LogP contribution is -2.49. The van der Waals surface area contributed by atoms with Crippen LogP contribution in [0, 0.1) is 12.8 Å². The number of aromatic nitrogens is 3. The Bertz CT molecular complexity index is 989. The highest BCUT2D eigenvalue weighted by Gasteiger charge is 2.31. The number of hydrogen-bond acceptors (Lipinski definition) is 5. The molecule has 2 N–H and O–H groups in total. The van der Waals surface area contributed by atoms with E-state index in [-0.39, 0.29) is 36.8 Å². The fourth-order valence-corrected chi connectivity index (χ4v) is 4.75. The molecule has 0 saturated carbocycles. The number of amides is 1. The monoisotopic (exact) mass is 455 g/mol. The maximum Gasteiger partial charge on any atom is 0.255 e. The Morgan fingerprint density at radius 2 is 2.14 bits per heavy atom. The minimum Gasteiger partial charge on any atom is -0.334 e. The molecule has 3 aromatic rings. The van der Waals surface area contributed by atoms with Crippen LogP contribution in [0.3, 0.4) is 0 Å². The molecular formula is C20H27Cl2N5OS. The first-order valence-electron chi connectivity index (χ1n) is 9.38. The fourth-order valence-electron chi connectivity index (χ4n) is 4.06. The van der Waals surface area contributed by atoms with Gasteiger partial charge >= 0.3 is 0 Å². The molecule has 2 atom stereocenters. The van der Waals surface area contributed by atoms with Gasteiger partial charge in [0.25, 0.3) is 5.91 Å². The van der Waals surface area contributed by atoms with Gasteiger partial charge in [-0.05, 0) is 43.2 Å². The predicted molar refractivity (Wildman–Crippen MR) is 123 cm³/mol. The van der Waals surface area contributed by atoms with Crippen molar-refractivity contribution in [2.75, 3.05) is 13.1 Å². The smallest absolute Gasteiger partial charge is 0.255 e. The first-order chi connectivity index (χ1) is 13.0. The van der Waals surface area contributed by atoms with Crippen molar-refractivity contribution in [2.24, 2.45) is 18.7 Å². The minimum absolute atomic E-state index is 0. The van der Waals surface area contributed by atoms with Gasteiger partial charge in [0, 0.05) is 26.2 Å². The molecule has 9 heteroatoms. The Morgan fingerprint density at radius 1 is 1.38 bits per heavy atom. The zero-order valence-electron chi connectivity index (χ0n) is 16.8. The molecule has 6 nitrogen and oxygen atoms in total. The van der Waals surface area contributed by atoms with E-state index in [1.54, 1.807) is 16.0 Å². The Hall–Kier alpha value is -1.67. The number of rotatable bonds is 3. The molecule has 2 unspecified atom stereocenters. The highest BCUT2D eigenvalue weighted by Crippen LogP contribution is 2.31. The average Bonchev–Trinajstić information content (AvgIpc) is 3.29. The van der Waals surface area contributed by atoms with Gasteiger partial charge in [-0.2, -0.15) is 5.10 Å². The van der Waals surface area contributed by atoms with Gasteiger partial charge in [-0.15, -0.1) is 36.2 Å². The number of likely N-dealkylation sites (tertiary alicyclic amines) is 1. The molecule has 0 spiro atoms. The van der Waals surface area contributed by atoms with Crippen LogP contribution in [0.1, 0.15) is 35.8 Å². The molecule has 29 heavy (non-hydrogen) atoms. The van der Waals surface area contributed by atoms with Crippen molar-refractivity contribution in [3.8, 4) is 10.6 Å². The summed E-state index contributed by atoms with van der Waals surface area (Å²) in [6, 6.07) is 6.04. The van der Waals surface area contributed by atoms with Crippen LogP contribution >= 0.6 is 36.2 Å². The molecule has 0 aromatic carbocycles. The lowest BCUT2D eigenvalue weighted by Gasteiger charge is -2.38. The number of halogens is 2. The van der Waals surface area contributed by atoms with Gasteiger partial charge in [0.2, 0.25) is 0 Å². The lowest BCUT2D eigenvalue weighted by atomic mass is 9.91. The van der Waals surface area contributed by atoms with Crippen LogP contribution < -0.4 is 5.73 Å². The minimum atomic E-state index is 0. The summed E-state index contributed by atoms with van der Waals surface area (Å²) < 4.78 is 1.76. The van der Waals surface area contributed by atoms with Crippen LogP contribution in [0.15, 0.2) is 23.6 Å². The second-order valence-electron chi connectivity index (χ2n) is 7.46. The van der Waals surface area contributed by atoms with E-state index < -0.39 is 0 Å². The number of piperidine rings is 1. The van der Waals surface area contributed by atoms with E-state index in [0.29, 0.717) is 18.0 Å². The number of nitrogens with two attached hydrogens (primary N) is 1. The van der Waals surface area contributed by atoms with Gasteiger partial charge in [0.05, 0.1) is 27.2 Å². The molecule has 1 saturated heterocycles. The second-order valence-corrected chi connectivity index (χ2v) is 8.41. The van der Waals surface area contributed by atoms with Crippen LogP contribution in [0.25, 0.3) is 21.6 Å². The number of fused-ring (bicyclic) bond motifs is 1. The first kappa shape index (κ1) is 23.6. The van der Waals surface area contributed by atoms with Gasteiger partial charge in [-0.1, -0.05) is 13.0 Å². The molecule has 1 amide bonds. The zero-order valence-corrected chi connectivity index (χ0v) is 19.2. The van der Waals surface area contributed by atoms with E-state index in [9.17, 15) is 4.79 Å². The van der Waals surface area contributed by atoms with Crippen molar-refractivity contribution in [1.29, 1.82) is 0 Å². The highest BCUT2D eigenvalue weighted by atomic mass is 35.5. The Morgan fingerprint density at radius 3 is 2.79 bits per heavy atom. The Balaban J connectivity index is 0.00000150. The van der Waals surface area contributed by atoms with Crippen LogP contribution in [0.5, 0.6) is 0 Å². The third kappa shape index (κ3) is 4.28. The number of carbonyl (C=O) groups excluding carboxylic acids is 1. The van der Waals surface area contributed by atoms with Crippen molar-refractivity contribution >= 4 is 53.1 Å². The summed E-state index contributed by atoms with van der Waals surface area (Å²) in [5, 5.41) is 7.38. The predicted octanol–water partition coefficient (Wildman–Crippen LogP) is 4.05. The van der Waals surface area contributed by atoms with Crippen LogP contribution in [0.4, 0.5) is 0 Å². The first-order valence-corrected chi connectivity index (χ1v) is 10.3. The highest BCUT2D eigenvalue weighted by molar-refractivity contribution is 7.13. The third-order valence-corrected chi connectivity index (χ3v) is 6.38. The molecule has 4 rings (SSSR count). The number of nitrogens with zero attached hydrogens (tertiary/aromatic N) is 4. The van der Waals surface area contributed by atoms with E-state index in [0.717, 1.165) is 46.7 Å². The van der Waals surface area contributed by atoms with Crippen molar-refractivity contribution in [1.82, 2.24) is 19.7 Å². The molecule has 0 bridgehead atoms. The van der Waals surface area contributed by atoms with Crippen LogP contribution in [-0.2, 0) is 7.05 Å². The summed E-state index contributed by atoms with van der Waals surface area (Å²) in [6.45, 7) is 5.41. The van der Waals surface area contributed by atoms with Crippen molar-refractivity contribution < 1.29 is 4.79 Å². The van der Waals surface area contributed by atoms with Gasteiger partial charge in [-0.25, -0.2) is 4.98 Å². The summed E-state index contributed by atoms with van der Waals surface area (Å²) in [7, 11) is 1.88. The van der Waals surface area contributed by atoms with E-state index in [1.165, 1.54) is 0 Å².